The summed E-state index contributed by atoms with van der Waals surface area (Å²) in [5.74, 6) is 0.603. The number of carbonyl (C=O) groups is 1. The first-order chi connectivity index (χ1) is 12.3. The number of aromatic nitrogens is 4. The molecule has 4 rings (SSSR count). The first-order valence-electron chi connectivity index (χ1n) is 7.91. The predicted octanol–water partition coefficient (Wildman–Crippen LogP) is 3.42. The van der Waals surface area contributed by atoms with Crippen molar-refractivity contribution in [2.75, 3.05) is 5.32 Å². The number of rotatable bonds is 5. The Morgan fingerprint density at radius 3 is 2.48 bits per heavy atom. The van der Waals surface area contributed by atoms with Gasteiger partial charge in [0.1, 0.15) is 0 Å². The summed E-state index contributed by atoms with van der Waals surface area (Å²) in [5, 5.41) is 16.1. The van der Waals surface area contributed by atoms with Gasteiger partial charge in [0.2, 0.25) is 16.0 Å². The number of anilines is 1. The van der Waals surface area contributed by atoms with Crippen molar-refractivity contribution in [2.45, 2.75) is 12.8 Å². The van der Waals surface area contributed by atoms with Crippen LogP contribution in [0.15, 0.2) is 60.7 Å². The zero-order valence-corrected chi connectivity index (χ0v) is 14.1. The fraction of sp³-hybridized carbons (Fsp3) is 0.111. The van der Waals surface area contributed by atoms with Crippen LogP contribution in [0.4, 0.5) is 5.13 Å². The molecule has 0 radical (unpaired) electrons. The van der Waals surface area contributed by atoms with Crippen molar-refractivity contribution < 1.29 is 4.79 Å². The maximum absolute atomic E-state index is 12.1. The van der Waals surface area contributed by atoms with Gasteiger partial charge in [-0.2, -0.15) is 4.52 Å². The Labute approximate surface area is 148 Å². The van der Waals surface area contributed by atoms with E-state index in [2.05, 4.69) is 20.6 Å². The van der Waals surface area contributed by atoms with Gasteiger partial charge in [0.25, 0.3) is 0 Å². The minimum Gasteiger partial charge on any atom is -0.301 e. The molecule has 1 amide bonds. The van der Waals surface area contributed by atoms with E-state index in [1.54, 1.807) is 4.52 Å². The Hall–Kier alpha value is -3.06. The van der Waals surface area contributed by atoms with E-state index in [4.69, 9.17) is 0 Å². The number of benzene rings is 2. The van der Waals surface area contributed by atoms with Crippen LogP contribution in [0, 0.1) is 0 Å². The molecule has 0 aliphatic heterocycles. The van der Waals surface area contributed by atoms with Crippen LogP contribution in [0.2, 0.25) is 0 Å². The van der Waals surface area contributed by atoms with E-state index in [1.165, 1.54) is 11.3 Å². The molecule has 0 saturated carbocycles. The summed E-state index contributed by atoms with van der Waals surface area (Å²) in [4.78, 5) is 12.8. The molecule has 0 atom stereocenters. The molecule has 4 aromatic rings. The monoisotopic (exact) mass is 349 g/mol. The second-order valence-electron chi connectivity index (χ2n) is 5.52. The predicted molar refractivity (Wildman–Crippen MR) is 97.5 cm³/mol. The fourth-order valence-electron chi connectivity index (χ4n) is 2.52. The molecule has 2 heterocycles. The maximum Gasteiger partial charge on any atom is 0.236 e. The Balaban J connectivity index is 1.47. The second-order valence-corrected chi connectivity index (χ2v) is 6.48. The van der Waals surface area contributed by atoms with Gasteiger partial charge in [-0.3, -0.25) is 4.79 Å². The van der Waals surface area contributed by atoms with Crippen LogP contribution in [0.1, 0.15) is 12.0 Å². The topological polar surface area (TPSA) is 72.2 Å². The molecule has 0 saturated heterocycles. The summed E-state index contributed by atoms with van der Waals surface area (Å²) >= 11 is 1.31. The van der Waals surface area contributed by atoms with Gasteiger partial charge in [0, 0.05) is 12.0 Å². The van der Waals surface area contributed by atoms with Crippen molar-refractivity contribution in [3.8, 4) is 11.4 Å². The molecule has 6 nitrogen and oxygen atoms in total. The van der Waals surface area contributed by atoms with Gasteiger partial charge in [-0.1, -0.05) is 72.0 Å². The van der Waals surface area contributed by atoms with Gasteiger partial charge < -0.3 is 5.32 Å². The number of amides is 1. The maximum atomic E-state index is 12.1. The zero-order valence-electron chi connectivity index (χ0n) is 13.3. The number of hydrogen-bond donors (Lipinski definition) is 1. The second kappa shape index (κ2) is 6.82. The van der Waals surface area contributed by atoms with E-state index >= 15 is 0 Å². The van der Waals surface area contributed by atoms with Crippen LogP contribution in [-0.2, 0) is 11.2 Å². The van der Waals surface area contributed by atoms with Gasteiger partial charge in [0.05, 0.1) is 0 Å². The van der Waals surface area contributed by atoms with E-state index < -0.39 is 0 Å². The van der Waals surface area contributed by atoms with Crippen LogP contribution >= 0.6 is 11.3 Å². The normalized spacial score (nSPS) is 10.9. The lowest BCUT2D eigenvalue weighted by molar-refractivity contribution is -0.116. The highest BCUT2D eigenvalue weighted by molar-refractivity contribution is 7.20. The third-order valence-electron chi connectivity index (χ3n) is 3.75. The molecule has 7 heteroatoms. The standard InChI is InChI=1S/C18H15N5OS/c24-15(12-11-13-7-3-1-4-8-13)19-17-22-23-16(20-21-18(23)25-17)14-9-5-2-6-10-14/h1-10H,11-12H2,(H,19,22,24). The number of hydrogen-bond acceptors (Lipinski definition) is 5. The molecule has 2 aromatic carbocycles. The Bertz CT molecular complexity index is 994. The quantitative estimate of drug-likeness (QED) is 0.599. The number of nitrogens with one attached hydrogen (secondary N) is 1. The summed E-state index contributed by atoms with van der Waals surface area (Å²) in [7, 11) is 0. The van der Waals surface area contributed by atoms with Gasteiger partial charge in [0.15, 0.2) is 5.82 Å². The van der Waals surface area contributed by atoms with Crippen molar-refractivity contribution in [3.05, 3.63) is 66.2 Å². The van der Waals surface area contributed by atoms with E-state index in [1.807, 2.05) is 60.7 Å². The summed E-state index contributed by atoms with van der Waals surface area (Å²) in [6.07, 6.45) is 1.11. The van der Waals surface area contributed by atoms with E-state index in [-0.39, 0.29) is 5.91 Å². The Kier molecular flexibility index (Phi) is 4.22. The van der Waals surface area contributed by atoms with Crippen LogP contribution in [0.25, 0.3) is 16.3 Å². The lowest BCUT2D eigenvalue weighted by Crippen LogP contribution is -2.12. The highest BCUT2D eigenvalue weighted by atomic mass is 32.1. The largest absolute Gasteiger partial charge is 0.301 e. The van der Waals surface area contributed by atoms with E-state index in [0.717, 1.165) is 11.1 Å². The molecule has 2 aromatic heterocycles. The SMILES string of the molecule is O=C(CCc1ccccc1)Nc1nn2c(-c3ccccc3)nnc2s1. The Morgan fingerprint density at radius 1 is 1.00 bits per heavy atom. The number of fused-ring (bicyclic) bond motifs is 1. The van der Waals surface area contributed by atoms with Crippen LogP contribution in [0.5, 0.6) is 0 Å². The number of nitrogens with zero attached hydrogens (tertiary/aromatic N) is 4. The van der Waals surface area contributed by atoms with E-state index in [0.29, 0.717) is 28.8 Å². The number of aryl methyl sites for hydroxylation is 1. The third kappa shape index (κ3) is 3.41. The first-order valence-corrected chi connectivity index (χ1v) is 8.73. The van der Waals surface area contributed by atoms with Crippen LogP contribution in [-0.4, -0.2) is 25.7 Å². The Morgan fingerprint density at radius 2 is 1.72 bits per heavy atom. The molecular formula is C18H15N5OS. The average molecular weight is 349 g/mol. The first kappa shape index (κ1) is 15.5. The highest BCUT2D eigenvalue weighted by Crippen LogP contribution is 2.24. The van der Waals surface area contributed by atoms with Gasteiger partial charge in [-0.05, 0) is 12.0 Å². The highest BCUT2D eigenvalue weighted by Gasteiger charge is 2.14. The summed E-state index contributed by atoms with van der Waals surface area (Å²) in [6.45, 7) is 0. The molecule has 0 bridgehead atoms. The van der Waals surface area contributed by atoms with Crippen molar-refractivity contribution in [1.29, 1.82) is 0 Å². The van der Waals surface area contributed by atoms with Crippen LogP contribution < -0.4 is 5.32 Å². The number of carbonyl (C=O) groups excluding carboxylic acids is 1. The van der Waals surface area contributed by atoms with Crippen molar-refractivity contribution in [2.24, 2.45) is 0 Å². The lowest BCUT2D eigenvalue weighted by atomic mass is 10.1. The summed E-state index contributed by atoms with van der Waals surface area (Å²) in [5.41, 5.74) is 2.07. The lowest BCUT2D eigenvalue weighted by Gasteiger charge is -2.01. The molecule has 124 valence electrons. The molecule has 0 aliphatic carbocycles. The molecule has 25 heavy (non-hydrogen) atoms. The molecule has 0 unspecified atom stereocenters. The molecule has 0 aliphatic rings. The minimum absolute atomic E-state index is 0.0601. The molecular weight excluding hydrogens is 334 g/mol. The van der Waals surface area contributed by atoms with Gasteiger partial charge in [-0.15, -0.1) is 15.3 Å². The zero-order chi connectivity index (χ0) is 17.1. The van der Waals surface area contributed by atoms with Gasteiger partial charge in [-0.25, -0.2) is 0 Å². The smallest absolute Gasteiger partial charge is 0.236 e. The van der Waals surface area contributed by atoms with E-state index in [9.17, 15) is 4.79 Å². The third-order valence-corrected chi connectivity index (χ3v) is 4.57. The van der Waals surface area contributed by atoms with Gasteiger partial charge >= 0.3 is 0 Å². The average Bonchev–Trinajstić information content (AvgIpc) is 3.21. The molecule has 0 fully saturated rings. The summed E-state index contributed by atoms with van der Waals surface area (Å²) in [6, 6.07) is 19.7. The van der Waals surface area contributed by atoms with Crippen LogP contribution in [0.3, 0.4) is 0 Å². The minimum atomic E-state index is -0.0601. The van der Waals surface area contributed by atoms with Crippen molar-refractivity contribution in [1.82, 2.24) is 19.8 Å². The molecule has 0 spiro atoms. The van der Waals surface area contributed by atoms with Crippen molar-refractivity contribution in [3.63, 3.8) is 0 Å². The fourth-order valence-corrected chi connectivity index (χ4v) is 3.27. The summed E-state index contributed by atoms with van der Waals surface area (Å²) < 4.78 is 1.66. The molecule has 1 N–H and O–H groups in total. The van der Waals surface area contributed by atoms with Crippen molar-refractivity contribution >= 4 is 27.3 Å².